The van der Waals surface area contributed by atoms with Gasteiger partial charge >= 0.3 is 5.97 Å². The summed E-state index contributed by atoms with van der Waals surface area (Å²) < 4.78 is 10.9. The molecule has 0 amide bonds. The second-order valence-electron chi connectivity index (χ2n) is 5.11. The largest absolute Gasteiger partial charge is 0.490 e. The number of carboxylic acids is 1. The summed E-state index contributed by atoms with van der Waals surface area (Å²) in [6.07, 6.45) is 0. The topological polar surface area (TPSA) is 55.8 Å². The molecule has 4 heteroatoms. The van der Waals surface area contributed by atoms with Crippen molar-refractivity contribution in [2.45, 2.75) is 33.3 Å². The summed E-state index contributed by atoms with van der Waals surface area (Å²) >= 11 is 0. The molecule has 1 N–H and O–H groups in total. The summed E-state index contributed by atoms with van der Waals surface area (Å²) in [5.74, 6) is -0.601. The van der Waals surface area contributed by atoms with Crippen LogP contribution in [0.15, 0.2) is 18.2 Å². The molecule has 0 aliphatic heterocycles. The Morgan fingerprint density at radius 1 is 1.28 bits per heavy atom. The molecule has 1 aromatic carbocycles. The monoisotopic (exact) mass is 252 g/mol. The Bertz CT molecular complexity index is 418. The van der Waals surface area contributed by atoms with Crippen molar-refractivity contribution in [1.82, 2.24) is 0 Å². The maximum atomic E-state index is 11.1. The molecule has 0 aliphatic rings. The van der Waals surface area contributed by atoms with E-state index in [-0.39, 0.29) is 11.2 Å². The van der Waals surface area contributed by atoms with Gasteiger partial charge in [0.05, 0.1) is 12.2 Å². The van der Waals surface area contributed by atoms with Crippen LogP contribution in [0.5, 0.6) is 5.75 Å². The highest BCUT2D eigenvalue weighted by Gasteiger charge is 2.13. The van der Waals surface area contributed by atoms with Crippen molar-refractivity contribution >= 4 is 5.97 Å². The number of hydrogen-bond donors (Lipinski definition) is 1. The normalized spacial score (nSPS) is 11.3. The minimum Gasteiger partial charge on any atom is -0.490 e. The van der Waals surface area contributed by atoms with Crippen LogP contribution < -0.4 is 4.74 Å². The first kappa shape index (κ1) is 14.5. The Morgan fingerprint density at radius 2 is 1.94 bits per heavy atom. The molecule has 0 aromatic heterocycles. The number of aryl methyl sites for hydroxylation is 1. The Labute approximate surface area is 108 Å². The van der Waals surface area contributed by atoms with Gasteiger partial charge in [-0.25, -0.2) is 4.79 Å². The zero-order valence-corrected chi connectivity index (χ0v) is 11.3. The van der Waals surface area contributed by atoms with E-state index in [1.165, 1.54) is 0 Å². The minimum atomic E-state index is -0.981. The molecular formula is C14H20O4. The number of rotatable bonds is 5. The van der Waals surface area contributed by atoms with E-state index in [1.807, 2.05) is 33.8 Å². The van der Waals surface area contributed by atoms with Gasteiger partial charge in [-0.3, -0.25) is 0 Å². The van der Waals surface area contributed by atoms with Crippen molar-refractivity contribution in [2.75, 3.05) is 13.2 Å². The standard InChI is InChI=1S/C14H20O4/c1-10-5-6-12(11(9-10)13(15)16)17-7-8-18-14(2,3)4/h5-6,9H,7-8H2,1-4H3,(H,15,16). The van der Waals surface area contributed by atoms with Crippen LogP contribution in [0.4, 0.5) is 0 Å². The third-order valence-electron chi connectivity index (χ3n) is 2.24. The van der Waals surface area contributed by atoms with Gasteiger partial charge in [0.1, 0.15) is 17.9 Å². The SMILES string of the molecule is Cc1ccc(OCCOC(C)(C)C)c(C(=O)O)c1. The lowest BCUT2D eigenvalue weighted by atomic mass is 10.1. The highest BCUT2D eigenvalue weighted by atomic mass is 16.5. The molecule has 4 nitrogen and oxygen atoms in total. The Hall–Kier alpha value is -1.55. The van der Waals surface area contributed by atoms with Gasteiger partial charge in [-0.1, -0.05) is 11.6 Å². The fourth-order valence-electron chi connectivity index (χ4n) is 1.44. The number of aromatic carboxylic acids is 1. The third-order valence-corrected chi connectivity index (χ3v) is 2.24. The van der Waals surface area contributed by atoms with Gasteiger partial charge < -0.3 is 14.6 Å². The van der Waals surface area contributed by atoms with Crippen LogP contribution in [0.2, 0.25) is 0 Å². The highest BCUT2D eigenvalue weighted by Crippen LogP contribution is 2.20. The second kappa shape index (κ2) is 5.87. The van der Waals surface area contributed by atoms with Crippen LogP contribution >= 0.6 is 0 Å². The Balaban J connectivity index is 2.59. The van der Waals surface area contributed by atoms with Gasteiger partial charge in [-0.15, -0.1) is 0 Å². The van der Waals surface area contributed by atoms with Crippen molar-refractivity contribution < 1.29 is 19.4 Å². The van der Waals surface area contributed by atoms with Crippen molar-refractivity contribution in [3.05, 3.63) is 29.3 Å². The van der Waals surface area contributed by atoms with Gasteiger partial charge in [0, 0.05) is 0 Å². The average molecular weight is 252 g/mol. The predicted octanol–water partition coefficient (Wildman–Crippen LogP) is 2.89. The van der Waals surface area contributed by atoms with Crippen molar-refractivity contribution in [1.29, 1.82) is 0 Å². The van der Waals surface area contributed by atoms with Crippen molar-refractivity contribution in [3.8, 4) is 5.75 Å². The molecule has 0 saturated heterocycles. The first-order valence-corrected chi connectivity index (χ1v) is 5.90. The van der Waals surface area contributed by atoms with E-state index in [4.69, 9.17) is 14.6 Å². The Kier molecular flexibility index (Phi) is 4.73. The molecule has 0 bridgehead atoms. The maximum Gasteiger partial charge on any atom is 0.339 e. The van der Waals surface area contributed by atoms with Crippen LogP contribution in [0.3, 0.4) is 0 Å². The summed E-state index contributed by atoms with van der Waals surface area (Å²) in [6.45, 7) is 8.49. The van der Waals surface area contributed by atoms with E-state index < -0.39 is 5.97 Å². The quantitative estimate of drug-likeness (QED) is 0.819. The second-order valence-corrected chi connectivity index (χ2v) is 5.11. The van der Waals surface area contributed by atoms with E-state index >= 15 is 0 Å². The lowest BCUT2D eigenvalue weighted by Crippen LogP contribution is -2.22. The number of hydrogen-bond acceptors (Lipinski definition) is 3. The summed E-state index contributed by atoms with van der Waals surface area (Å²) in [4.78, 5) is 11.1. The molecule has 0 saturated carbocycles. The van der Waals surface area contributed by atoms with Crippen molar-refractivity contribution in [2.24, 2.45) is 0 Å². The number of carbonyl (C=O) groups is 1. The van der Waals surface area contributed by atoms with Gasteiger partial charge in [0.25, 0.3) is 0 Å². The maximum absolute atomic E-state index is 11.1. The minimum absolute atomic E-state index is 0.186. The molecule has 1 rings (SSSR count). The molecule has 0 spiro atoms. The average Bonchev–Trinajstić information content (AvgIpc) is 2.24. The van der Waals surface area contributed by atoms with Crippen molar-refractivity contribution in [3.63, 3.8) is 0 Å². The van der Waals surface area contributed by atoms with E-state index in [0.29, 0.717) is 19.0 Å². The molecular weight excluding hydrogens is 232 g/mol. The zero-order chi connectivity index (χ0) is 13.8. The molecule has 100 valence electrons. The lowest BCUT2D eigenvalue weighted by molar-refractivity contribution is -0.0164. The van der Waals surface area contributed by atoms with Crippen LogP contribution in [-0.2, 0) is 4.74 Å². The number of benzene rings is 1. The first-order valence-electron chi connectivity index (χ1n) is 5.90. The summed E-state index contributed by atoms with van der Waals surface area (Å²) in [5.41, 5.74) is 0.864. The van der Waals surface area contributed by atoms with E-state index in [1.54, 1.807) is 12.1 Å². The molecule has 0 atom stereocenters. The molecule has 0 unspecified atom stereocenters. The first-order chi connectivity index (χ1) is 8.29. The summed E-state index contributed by atoms with van der Waals surface area (Å²) in [6, 6.07) is 5.10. The number of carboxylic acid groups (broad SMARTS) is 1. The Morgan fingerprint density at radius 3 is 2.50 bits per heavy atom. The van der Waals surface area contributed by atoms with Gasteiger partial charge in [0.2, 0.25) is 0 Å². The van der Waals surface area contributed by atoms with Crippen LogP contribution in [0.1, 0.15) is 36.7 Å². The van der Waals surface area contributed by atoms with Gasteiger partial charge in [-0.05, 0) is 39.8 Å². The predicted molar refractivity (Wildman–Crippen MR) is 69.3 cm³/mol. The number of ether oxygens (including phenoxy) is 2. The third kappa shape index (κ3) is 4.75. The van der Waals surface area contributed by atoms with Gasteiger partial charge in [-0.2, -0.15) is 0 Å². The van der Waals surface area contributed by atoms with Crippen LogP contribution in [0, 0.1) is 6.92 Å². The fourth-order valence-corrected chi connectivity index (χ4v) is 1.44. The van der Waals surface area contributed by atoms with E-state index in [9.17, 15) is 4.79 Å². The molecule has 0 fully saturated rings. The smallest absolute Gasteiger partial charge is 0.339 e. The summed E-state index contributed by atoms with van der Waals surface area (Å²) in [5, 5.41) is 9.06. The summed E-state index contributed by atoms with van der Waals surface area (Å²) in [7, 11) is 0. The fraction of sp³-hybridized carbons (Fsp3) is 0.500. The lowest BCUT2D eigenvalue weighted by Gasteiger charge is -2.19. The van der Waals surface area contributed by atoms with E-state index in [2.05, 4.69) is 0 Å². The highest BCUT2D eigenvalue weighted by molar-refractivity contribution is 5.91. The molecule has 0 radical (unpaired) electrons. The molecule has 0 heterocycles. The zero-order valence-electron chi connectivity index (χ0n) is 11.3. The van der Waals surface area contributed by atoms with Crippen LogP contribution in [0.25, 0.3) is 0 Å². The molecule has 1 aromatic rings. The molecule has 18 heavy (non-hydrogen) atoms. The molecule has 0 aliphatic carbocycles. The van der Waals surface area contributed by atoms with E-state index in [0.717, 1.165) is 5.56 Å². The van der Waals surface area contributed by atoms with Crippen LogP contribution in [-0.4, -0.2) is 29.9 Å². The van der Waals surface area contributed by atoms with Gasteiger partial charge in [0.15, 0.2) is 0 Å².